The van der Waals surface area contributed by atoms with Gasteiger partial charge in [-0.2, -0.15) is 0 Å². The first-order chi connectivity index (χ1) is 26.4. The number of fused-ring (bicyclic) bond motifs is 4. The second-order valence-corrected chi connectivity index (χ2v) is 14.3. The third-order valence-corrected chi connectivity index (χ3v) is 9.82. The molecule has 3 aromatic heterocycles. The van der Waals surface area contributed by atoms with Gasteiger partial charge in [-0.3, -0.25) is 9.55 Å². The molecule has 5 nitrogen and oxygen atoms in total. The second kappa shape index (κ2) is 12.1. The van der Waals surface area contributed by atoms with E-state index in [1.54, 1.807) is 24.4 Å². The zero-order chi connectivity index (χ0) is 38.1. The molecule has 52 heavy (non-hydrogen) atoms. The molecule has 3 heterocycles. The Hall–Kier alpha value is -6.46. The van der Waals surface area contributed by atoms with Crippen LogP contribution in [0.5, 0.6) is 5.75 Å². The quantitative estimate of drug-likeness (QED) is 0.197. The van der Waals surface area contributed by atoms with Crippen molar-refractivity contribution in [3.63, 3.8) is 0 Å². The maximum atomic E-state index is 11.6. The van der Waals surface area contributed by atoms with Gasteiger partial charge in [-0.05, 0) is 95.2 Å². The maximum Gasteiger partial charge on any atom is 0.149 e. The average Bonchev–Trinajstić information content (AvgIpc) is 3.75. The van der Waals surface area contributed by atoms with Gasteiger partial charge < -0.3 is 9.52 Å². The highest BCUT2D eigenvalue weighted by Crippen LogP contribution is 2.42. The Bertz CT molecular complexity index is 2900. The number of aryl methyl sites for hydroxylation is 1. The summed E-state index contributed by atoms with van der Waals surface area (Å²) in [6.07, 6.45) is 1.80. The number of imidazole rings is 1. The molecule has 6 aromatic carbocycles. The zero-order valence-corrected chi connectivity index (χ0v) is 29.1. The van der Waals surface area contributed by atoms with E-state index in [0.717, 1.165) is 72.2 Å². The molecular formula is C47H37N3O2. The molecule has 1 N–H and O–H groups in total. The Balaban J connectivity index is 1.23. The lowest BCUT2D eigenvalue weighted by molar-refractivity contribution is 0.477. The summed E-state index contributed by atoms with van der Waals surface area (Å²) in [7, 11) is 0. The highest BCUT2D eigenvalue weighted by atomic mass is 16.3. The van der Waals surface area contributed by atoms with Crippen molar-refractivity contribution in [2.45, 2.75) is 33.0 Å². The Morgan fingerprint density at radius 2 is 1.44 bits per heavy atom. The van der Waals surface area contributed by atoms with Crippen molar-refractivity contribution in [3.8, 4) is 56.3 Å². The summed E-state index contributed by atoms with van der Waals surface area (Å²) < 4.78 is 31.7. The third-order valence-electron chi connectivity index (χ3n) is 9.82. The van der Waals surface area contributed by atoms with Crippen LogP contribution in [-0.4, -0.2) is 19.6 Å². The summed E-state index contributed by atoms with van der Waals surface area (Å²) >= 11 is 0. The van der Waals surface area contributed by atoms with Gasteiger partial charge in [0.2, 0.25) is 0 Å². The minimum absolute atomic E-state index is 0.115. The largest absolute Gasteiger partial charge is 0.507 e. The fourth-order valence-electron chi connectivity index (χ4n) is 7.08. The summed E-state index contributed by atoms with van der Waals surface area (Å²) in [5.74, 6) is 0.712. The number of benzene rings is 6. The SMILES string of the molecule is [2H]C([2H])([2H])c1ccc(-c2ccnc(-c3cc(-c4cccc5c4nc(-c4cc6oc7ccccc7c6cc4O)n5-c4ccccc4)cc(C(C)(C)C)c3)c2)cc1. The molecule has 0 fully saturated rings. The molecular weight excluding hydrogens is 639 g/mol. The van der Waals surface area contributed by atoms with Crippen LogP contribution in [0.3, 0.4) is 0 Å². The summed E-state index contributed by atoms with van der Waals surface area (Å²) in [4.78, 5) is 10.1. The van der Waals surface area contributed by atoms with Gasteiger partial charge in [0.25, 0.3) is 0 Å². The molecule has 0 aliphatic carbocycles. The standard InChI is InChI=1S/C47H37N3O2/c1-29-17-19-30(20-18-29)31-21-22-48-40(26-31)33-23-32(24-34(25-33)47(2,3)4)36-14-10-15-41-45(36)49-46(50(41)35-11-6-5-7-12-35)39-28-44-38(27-42(39)51)37-13-8-9-16-43(37)52-44/h5-28,51H,1-4H3/i1D3. The van der Waals surface area contributed by atoms with Crippen LogP contribution in [0.1, 0.15) is 36.0 Å². The number of nitrogens with zero attached hydrogens (tertiary/aromatic N) is 3. The maximum absolute atomic E-state index is 11.6. The second-order valence-electron chi connectivity index (χ2n) is 14.3. The third kappa shape index (κ3) is 5.42. The molecule has 252 valence electrons. The predicted octanol–water partition coefficient (Wildman–Crippen LogP) is 12.3. The fourth-order valence-corrected chi connectivity index (χ4v) is 7.08. The highest BCUT2D eigenvalue weighted by molar-refractivity contribution is 6.07. The van der Waals surface area contributed by atoms with Gasteiger partial charge in [0.15, 0.2) is 0 Å². The normalized spacial score (nSPS) is 13.0. The molecule has 0 radical (unpaired) electrons. The molecule has 0 unspecified atom stereocenters. The number of phenols is 1. The van der Waals surface area contributed by atoms with Crippen molar-refractivity contribution in [1.82, 2.24) is 14.5 Å². The Morgan fingerprint density at radius 1 is 0.654 bits per heavy atom. The average molecular weight is 679 g/mol. The highest BCUT2D eigenvalue weighted by Gasteiger charge is 2.23. The molecule has 0 amide bonds. The van der Waals surface area contributed by atoms with Gasteiger partial charge in [0.1, 0.15) is 22.7 Å². The fraction of sp³-hybridized carbons (Fsp3) is 0.106. The Morgan fingerprint density at radius 3 is 2.25 bits per heavy atom. The summed E-state index contributed by atoms with van der Waals surface area (Å²) in [5.41, 5.74) is 11.4. The predicted molar refractivity (Wildman–Crippen MR) is 213 cm³/mol. The van der Waals surface area contributed by atoms with Crippen molar-refractivity contribution in [2.75, 3.05) is 0 Å². The molecule has 0 saturated carbocycles. The number of aromatic hydroxyl groups is 1. The van der Waals surface area contributed by atoms with Crippen molar-refractivity contribution in [1.29, 1.82) is 0 Å². The summed E-state index contributed by atoms with van der Waals surface area (Å²) in [6.45, 7) is 4.44. The van der Waals surface area contributed by atoms with E-state index < -0.39 is 6.85 Å². The van der Waals surface area contributed by atoms with Crippen LogP contribution in [0.25, 0.3) is 83.6 Å². The monoisotopic (exact) mass is 678 g/mol. The first-order valence-electron chi connectivity index (χ1n) is 18.9. The lowest BCUT2D eigenvalue weighted by Gasteiger charge is -2.22. The van der Waals surface area contributed by atoms with Crippen molar-refractivity contribution in [3.05, 3.63) is 157 Å². The smallest absolute Gasteiger partial charge is 0.149 e. The topological polar surface area (TPSA) is 64.1 Å². The number of rotatable bonds is 5. The van der Waals surface area contributed by atoms with Gasteiger partial charge in [0.05, 0.1) is 22.3 Å². The van der Waals surface area contributed by atoms with Crippen LogP contribution in [0.4, 0.5) is 0 Å². The molecule has 0 saturated heterocycles. The van der Waals surface area contributed by atoms with E-state index >= 15 is 0 Å². The number of furan rings is 1. The Labute approximate surface area is 306 Å². The lowest BCUT2D eigenvalue weighted by atomic mass is 9.83. The van der Waals surface area contributed by atoms with E-state index in [1.807, 2.05) is 78.9 Å². The van der Waals surface area contributed by atoms with E-state index in [1.165, 1.54) is 0 Å². The van der Waals surface area contributed by atoms with E-state index in [0.29, 0.717) is 22.5 Å². The molecule has 5 heteroatoms. The van der Waals surface area contributed by atoms with Gasteiger partial charge in [0, 0.05) is 37.9 Å². The number of hydrogen-bond acceptors (Lipinski definition) is 4. The molecule has 0 spiro atoms. The molecule has 0 aliphatic heterocycles. The lowest BCUT2D eigenvalue weighted by Crippen LogP contribution is -2.11. The molecule has 0 aliphatic rings. The van der Waals surface area contributed by atoms with Crippen LogP contribution >= 0.6 is 0 Å². The van der Waals surface area contributed by atoms with E-state index in [2.05, 4.69) is 67.8 Å². The number of phenolic OH excluding ortho intramolecular Hbond substituents is 1. The first kappa shape index (κ1) is 28.3. The molecule has 9 rings (SSSR count). The summed E-state index contributed by atoms with van der Waals surface area (Å²) in [6, 6.07) is 45.4. The first-order valence-corrected chi connectivity index (χ1v) is 17.4. The van der Waals surface area contributed by atoms with Gasteiger partial charge in [-0.15, -0.1) is 0 Å². The van der Waals surface area contributed by atoms with Crippen molar-refractivity contribution >= 4 is 33.0 Å². The van der Waals surface area contributed by atoms with E-state index in [4.69, 9.17) is 18.5 Å². The van der Waals surface area contributed by atoms with Crippen molar-refractivity contribution in [2.24, 2.45) is 0 Å². The van der Waals surface area contributed by atoms with E-state index in [9.17, 15) is 5.11 Å². The number of para-hydroxylation sites is 3. The minimum Gasteiger partial charge on any atom is -0.507 e. The van der Waals surface area contributed by atoms with Crippen LogP contribution in [-0.2, 0) is 5.41 Å². The van der Waals surface area contributed by atoms with Gasteiger partial charge in [-0.1, -0.05) is 105 Å². The van der Waals surface area contributed by atoms with E-state index in [-0.39, 0.29) is 11.2 Å². The number of pyridine rings is 1. The van der Waals surface area contributed by atoms with Gasteiger partial charge >= 0.3 is 0 Å². The number of hydrogen-bond donors (Lipinski definition) is 1. The number of aromatic nitrogens is 3. The van der Waals surface area contributed by atoms with Crippen molar-refractivity contribution < 1.29 is 13.6 Å². The molecule has 0 atom stereocenters. The van der Waals surface area contributed by atoms with Crippen LogP contribution in [0.2, 0.25) is 0 Å². The molecule has 9 aromatic rings. The van der Waals surface area contributed by atoms with Crippen LogP contribution in [0.15, 0.2) is 150 Å². The van der Waals surface area contributed by atoms with Gasteiger partial charge in [-0.25, -0.2) is 4.98 Å². The van der Waals surface area contributed by atoms with Crippen LogP contribution in [0, 0.1) is 6.85 Å². The zero-order valence-electron chi connectivity index (χ0n) is 32.1. The Kier molecular flexibility index (Phi) is 6.58. The van der Waals surface area contributed by atoms with Crippen LogP contribution < -0.4 is 0 Å². The molecule has 0 bridgehead atoms. The summed E-state index contributed by atoms with van der Waals surface area (Å²) in [5, 5.41) is 13.4. The minimum atomic E-state index is -2.16.